The maximum atomic E-state index is 11.8. The fourth-order valence-corrected chi connectivity index (χ4v) is 2.43. The highest BCUT2D eigenvalue weighted by atomic mass is 35.5. The number of fused-ring (bicyclic) bond motifs is 1. The van der Waals surface area contributed by atoms with E-state index in [0.717, 1.165) is 18.5 Å². The van der Waals surface area contributed by atoms with Crippen LogP contribution in [0.25, 0.3) is 0 Å². The summed E-state index contributed by atoms with van der Waals surface area (Å²) in [5.41, 5.74) is 1.29. The SMILES string of the molecule is O=C(Nc1cc(Nc2c(Cl)cnc3c2OCO3)ccn1)C1CC1. The molecule has 1 saturated carbocycles. The van der Waals surface area contributed by atoms with Crippen LogP contribution >= 0.6 is 11.6 Å². The molecule has 3 heterocycles. The van der Waals surface area contributed by atoms with Crippen molar-refractivity contribution in [1.82, 2.24) is 9.97 Å². The number of hydrogen-bond acceptors (Lipinski definition) is 6. The third-order valence-electron chi connectivity index (χ3n) is 3.58. The first kappa shape index (κ1) is 14.1. The molecular weight excluding hydrogens is 320 g/mol. The molecule has 0 aromatic carbocycles. The Balaban J connectivity index is 1.57. The molecule has 1 aliphatic heterocycles. The van der Waals surface area contributed by atoms with Crippen LogP contribution in [0.3, 0.4) is 0 Å². The van der Waals surface area contributed by atoms with Crippen LogP contribution in [0.5, 0.6) is 11.6 Å². The van der Waals surface area contributed by atoms with Gasteiger partial charge in [0.25, 0.3) is 5.88 Å². The van der Waals surface area contributed by atoms with Crippen LogP contribution < -0.4 is 20.1 Å². The summed E-state index contributed by atoms with van der Waals surface area (Å²) in [5.74, 6) is 1.49. The van der Waals surface area contributed by atoms with E-state index in [1.807, 2.05) is 0 Å². The van der Waals surface area contributed by atoms with Gasteiger partial charge in [-0.25, -0.2) is 9.97 Å². The van der Waals surface area contributed by atoms with Gasteiger partial charge in [-0.15, -0.1) is 0 Å². The monoisotopic (exact) mass is 332 g/mol. The minimum Gasteiger partial charge on any atom is -0.449 e. The molecule has 2 aliphatic rings. The molecule has 4 rings (SSSR count). The van der Waals surface area contributed by atoms with E-state index < -0.39 is 0 Å². The maximum absolute atomic E-state index is 11.8. The molecule has 8 heteroatoms. The van der Waals surface area contributed by atoms with E-state index in [-0.39, 0.29) is 18.6 Å². The van der Waals surface area contributed by atoms with E-state index in [1.165, 1.54) is 6.20 Å². The Morgan fingerprint density at radius 1 is 1.30 bits per heavy atom. The molecule has 1 aliphatic carbocycles. The lowest BCUT2D eigenvalue weighted by Crippen LogP contribution is -2.14. The second-order valence-corrected chi connectivity index (χ2v) is 5.75. The molecule has 0 bridgehead atoms. The predicted molar refractivity (Wildman–Crippen MR) is 84.2 cm³/mol. The minimum absolute atomic E-state index is 0.00854. The summed E-state index contributed by atoms with van der Waals surface area (Å²) < 4.78 is 10.6. The van der Waals surface area contributed by atoms with Crippen molar-refractivity contribution in [3.05, 3.63) is 29.5 Å². The fraction of sp³-hybridized carbons (Fsp3) is 0.267. The number of carbonyl (C=O) groups is 1. The quantitative estimate of drug-likeness (QED) is 0.895. The number of carbonyl (C=O) groups excluding carboxylic acids is 1. The molecule has 0 spiro atoms. The van der Waals surface area contributed by atoms with Crippen molar-refractivity contribution in [3.8, 4) is 11.6 Å². The Labute approximate surface area is 137 Å². The summed E-state index contributed by atoms with van der Waals surface area (Å²) in [6.07, 6.45) is 4.99. The molecule has 1 amide bonds. The van der Waals surface area contributed by atoms with Gasteiger partial charge in [0.1, 0.15) is 11.5 Å². The Morgan fingerprint density at radius 2 is 2.17 bits per heavy atom. The molecule has 23 heavy (non-hydrogen) atoms. The topological polar surface area (TPSA) is 85.4 Å². The summed E-state index contributed by atoms with van der Waals surface area (Å²) >= 11 is 6.19. The molecule has 0 saturated heterocycles. The number of pyridine rings is 2. The molecule has 0 atom stereocenters. The zero-order chi connectivity index (χ0) is 15.8. The van der Waals surface area contributed by atoms with Gasteiger partial charge >= 0.3 is 0 Å². The molecule has 2 N–H and O–H groups in total. The van der Waals surface area contributed by atoms with Crippen LogP contribution in [0.2, 0.25) is 5.02 Å². The van der Waals surface area contributed by atoms with Crippen molar-refractivity contribution < 1.29 is 14.3 Å². The van der Waals surface area contributed by atoms with Crippen molar-refractivity contribution >= 4 is 34.7 Å². The van der Waals surface area contributed by atoms with Crippen LogP contribution in [0.1, 0.15) is 12.8 Å². The summed E-state index contributed by atoms with van der Waals surface area (Å²) in [4.78, 5) is 20.0. The Morgan fingerprint density at radius 3 is 3.00 bits per heavy atom. The van der Waals surface area contributed by atoms with Crippen LogP contribution in [0.4, 0.5) is 17.2 Å². The predicted octanol–water partition coefficient (Wildman–Crippen LogP) is 2.95. The third-order valence-corrected chi connectivity index (χ3v) is 3.87. The number of ether oxygens (including phenoxy) is 2. The van der Waals surface area contributed by atoms with Gasteiger partial charge in [-0.1, -0.05) is 11.6 Å². The van der Waals surface area contributed by atoms with Crippen LogP contribution in [0, 0.1) is 5.92 Å². The van der Waals surface area contributed by atoms with Gasteiger partial charge in [0, 0.05) is 23.9 Å². The Hall–Kier alpha value is -2.54. The molecule has 2 aromatic heterocycles. The zero-order valence-corrected chi connectivity index (χ0v) is 12.8. The lowest BCUT2D eigenvalue weighted by molar-refractivity contribution is -0.117. The maximum Gasteiger partial charge on any atom is 0.262 e. The first-order chi connectivity index (χ1) is 11.2. The third kappa shape index (κ3) is 2.87. The normalized spacial score (nSPS) is 15.3. The summed E-state index contributed by atoms with van der Waals surface area (Å²) in [6.45, 7) is 0.108. The number of nitrogens with one attached hydrogen (secondary N) is 2. The second kappa shape index (κ2) is 5.58. The highest BCUT2D eigenvalue weighted by Crippen LogP contribution is 2.43. The highest BCUT2D eigenvalue weighted by molar-refractivity contribution is 6.33. The van der Waals surface area contributed by atoms with Crippen LogP contribution in [-0.4, -0.2) is 22.7 Å². The lowest BCUT2D eigenvalue weighted by atomic mass is 10.3. The average Bonchev–Trinajstić information content (AvgIpc) is 3.29. The van der Waals surface area contributed by atoms with Gasteiger partial charge < -0.3 is 20.1 Å². The summed E-state index contributed by atoms with van der Waals surface area (Å²) in [7, 11) is 0. The van der Waals surface area contributed by atoms with Crippen molar-refractivity contribution in [1.29, 1.82) is 0 Å². The van der Waals surface area contributed by atoms with E-state index in [4.69, 9.17) is 21.1 Å². The number of anilines is 3. The average molecular weight is 333 g/mol. The van der Waals surface area contributed by atoms with E-state index >= 15 is 0 Å². The highest BCUT2D eigenvalue weighted by Gasteiger charge is 2.29. The van der Waals surface area contributed by atoms with E-state index in [2.05, 4.69) is 20.6 Å². The van der Waals surface area contributed by atoms with Crippen LogP contribution in [0.15, 0.2) is 24.5 Å². The van der Waals surface area contributed by atoms with Crippen molar-refractivity contribution in [3.63, 3.8) is 0 Å². The Bertz CT molecular complexity index is 779. The van der Waals surface area contributed by atoms with Crippen molar-refractivity contribution in [2.75, 3.05) is 17.4 Å². The van der Waals surface area contributed by atoms with Crippen molar-refractivity contribution in [2.24, 2.45) is 5.92 Å². The first-order valence-corrected chi connectivity index (χ1v) is 7.56. The van der Waals surface area contributed by atoms with E-state index in [1.54, 1.807) is 18.3 Å². The van der Waals surface area contributed by atoms with E-state index in [0.29, 0.717) is 28.2 Å². The molecule has 118 valence electrons. The largest absolute Gasteiger partial charge is 0.449 e. The molecular formula is C15H13ClN4O3. The molecule has 0 radical (unpaired) electrons. The smallest absolute Gasteiger partial charge is 0.262 e. The van der Waals surface area contributed by atoms with E-state index in [9.17, 15) is 4.79 Å². The zero-order valence-electron chi connectivity index (χ0n) is 12.0. The first-order valence-electron chi connectivity index (χ1n) is 7.19. The second-order valence-electron chi connectivity index (χ2n) is 5.34. The Kier molecular flexibility index (Phi) is 3.42. The molecule has 2 aromatic rings. The van der Waals surface area contributed by atoms with Crippen molar-refractivity contribution in [2.45, 2.75) is 12.8 Å². The minimum atomic E-state index is 0.00854. The standard InChI is InChI=1S/C15H13ClN4O3/c16-10-6-18-15-13(22-7-23-15)12(10)19-9-3-4-17-11(5-9)20-14(21)8-1-2-8/h3-6,8H,1-2,7H2,(H2,17,18,19,20,21). The van der Waals surface area contributed by atoms with Gasteiger partial charge in [-0.3, -0.25) is 4.79 Å². The van der Waals surface area contributed by atoms with Gasteiger partial charge in [0.15, 0.2) is 0 Å². The van der Waals surface area contributed by atoms with Gasteiger partial charge in [0.2, 0.25) is 18.4 Å². The number of nitrogens with zero attached hydrogens (tertiary/aromatic N) is 2. The number of aromatic nitrogens is 2. The number of halogens is 1. The molecule has 0 unspecified atom stereocenters. The van der Waals surface area contributed by atoms with Gasteiger partial charge in [-0.2, -0.15) is 0 Å². The molecule has 1 fully saturated rings. The number of hydrogen-bond donors (Lipinski definition) is 2. The lowest BCUT2D eigenvalue weighted by Gasteiger charge is -2.11. The van der Waals surface area contributed by atoms with Gasteiger partial charge in [0.05, 0.1) is 11.2 Å². The van der Waals surface area contributed by atoms with Gasteiger partial charge in [-0.05, 0) is 18.9 Å². The number of rotatable bonds is 4. The summed E-state index contributed by atoms with van der Waals surface area (Å²) in [5, 5.41) is 6.38. The fourth-order valence-electron chi connectivity index (χ4n) is 2.25. The van der Waals surface area contributed by atoms with Crippen LogP contribution in [-0.2, 0) is 4.79 Å². The summed E-state index contributed by atoms with van der Waals surface area (Å²) in [6, 6.07) is 3.50. The number of amides is 1. The molecule has 7 nitrogen and oxygen atoms in total.